The molecule has 2 aromatic carbocycles. The average molecular weight is 358 g/mol. The average Bonchev–Trinajstić information content (AvgIpc) is 2.79. The van der Waals surface area contributed by atoms with E-state index in [0.717, 1.165) is 5.56 Å². The molecule has 1 aliphatic rings. The van der Waals surface area contributed by atoms with Gasteiger partial charge in [-0.25, -0.2) is 13.2 Å². The Hall–Kier alpha value is -2.22. The third-order valence-corrected chi connectivity index (χ3v) is 4.78. The molecule has 3 rings (SSSR count). The molecular weight excluding hydrogens is 345 g/mol. The van der Waals surface area contributed by atoms with Gasteiger partial charge in [-0.05, 0) is 32.0 Å². The molecule has 0 radical (unpaired) electrons. The quantitative estimate of drug-likeness (QED) is 0.622. The second-order valence-electron chi connectivity index (χ2n) is 5.99. The van der Waals surface area contributed by atoms with Crippen molar-refractivity contribution in [2.45, 2.75) is 30.8 Å². The number of benzene rings is 2. The van der Waals surface area contributed by atoms with Crippen LogP contribution in [-0.4, -0.2) is 14.0 Å². The number of hydrogen-bond acceptors (Lipinski definition) is 4. The molecule has 0 saturated heterocycles. The van der Waals surface area contributed by atoms with E-state index in [1.807, 2.05) is 13.8 Å². The van der Waals surface area contributed by atoms with Gasteiger partial charge in [0.2, 0.25) is 0 Å². The maximum atomic E-state index is 13.8. The van der Waals surface area contributed by atoms with Crippen LogP contribution in [-0.2, 0) is 16.5 Å². The van der Waals surface area contributed by atoms with Crippen molar-refractivity contribution >= 4 is 10.1 Å². The minimum absolute atomic E-state index is 0.137. The summed E-state index contributed by atoms with van der Waals surface area (Å²) in [5, 5.41) is 0. The second kappa shape index (κ2) is 5.41. The van der Waals surface area contributed by atoms with E-state index in [2.05, 4.69) is 0 Å². The van der Waals surface area contributed by atoms with Crippen LogP contribution in [0.25, 0.3) is 0 Å². The second-order valence-corrected chi connectivity index (χ2v) is 7.51. The van der Waals surface area contributed by atoms with Crippen molar-refractivity contribution in [3.63, 3.8) is 0 Å². The van der Waals surface area contributed by atoms with Gasteiger partial charge in [0.05, 0.1) is 0 Å². The van der Waals surface area contributed by atoms with Gasteiger partial charge in [0.1, 0.15) is 10.5 Å². The summed E-state index contributed by atoms with van der Waals surface area (Å²) in [6.45, 7) is 3.64. The molecule has 128 valence electrons. The number of halogens is 3. The molecule has 0 N–H and O–H groups in total. The molecule has 0 saturated carbocycles. The summed E-state index contributed by atoms with van der Waals surface area (Å²) in [7, 11) is -4.70. The summed E-state index contributed by atoms with van der Waals surface area (Å²) < 4.78 is 75.1. The van der Waals surface area contributed by atoms with Gasteiger partial charge in [0.15, 0.2) is 29.0 Å². The number of rotatable bonds is 3. The van der Waals surface area contributed by atoms with Gasteiger partial charge in [-0.1, -0.05) is 12.1 Å². The van der Waals surface area contributed by atoms with Crippen LogP contribution >= 0.6 is 0 Å². The fraction of sp³-hybridized carbons (Fsp3) is 0.250. The Balaban J connectivity index is 2.01. The predicted octanol–water partition coefficient (Wildman–Crippen LogP) is 3.59. The molecule has 0 atom stereocenters. The van der Waals surface area contributed by atoms with E-state index in [9.17, 15) is 21.6 Å². The Bertz CT molecular complexity index is 923. The van der Waals surface area contributed by atoms with Crippen LogP contribution in [0.1, 0.15) is 19.4 Å². The minimum Gasteiger partial charge on any atom is -0.483 e. The Kier molecular flexibility index (Phi) is 3.75. The highest BCUT2D eigenvalue weighted by molar-refractivity contribution is 7.87. The van der Waals surface area contributed by atoms with E-state index in [1.165, 1.54) is 6.07 Å². The predicted molar refractivity (Wildman–Crippen MR) is 79.0 cm³/mol. The molecular formula is C16H13F3O4S. The molecule has 4 nitrogen and oxygen atoms in total. The highest BCUT2D eigenvalue weighted by atomic mass is 32.2. The summed E-state index contributed by atoms with van der Waals surface area (Å²) >= 11 is 0. The monoisotopic (exact) mass is 358 g/mol. The Labute approximate surface area is 137 Å². The fourth-order valence-electron chi connectivity index (χ4n) is 2.52. The lowest BCUT2D eigenvalue weighted by Crippen LogP contribution is -2.25. The lowest BCUT2D eigenvalue weighted by molar-refractivity contribution is 0.136. The molecule has 24 heavy (non-hydrogen) atoms. The zero-order valence-corrected chi connectivity index (χ0v) is 13.6. The first-order chi connectivity index (χ1) is 11.1. The summed E-state index contributed by atoms with van der Waals surface area (Å²) in [4.78, 5) is -1.09. The van der Waals surface area contributed by atoms with Crippen LogP contribution in [0.5, 0.6) is 11.5 Å². The van der Waals surface area contributed by atoms with E-state index in [4.69, 9.17) is 8.92 Å². The lowest BCUT2D eigenvalue weighted by Gasteiger charge is -2.18. The van der Waals surface area contributed by atoms with Gasteiger partial charge in [0, 0.05) is 12.0 Å². The molecule has 0 amide bonds. The molecule has 2 aromatic rings. The first-order valence-electron chi connectivity index (χ1n) is 7.00. The van der Waals surface area contributed by atoms with E-state index in [0.29, 0.717) is 18.6 Å². The minimum atomic E-state index is -4.70. The number of ether oxygens (including phenoxy) is 1. The standard InChI is InChI=1S/C16H13F3O4S/c1-16(2)8-9-4-3-5-11(15(9)22-16)23-24(20,21)12-7-6-10(17)13(18)14(12)19/h3-7H,8H2,1-2H3. The van der Waals surface area contributed by atoms with Crippen molar-refractivity contribution in [1.82, 2.24) is 0 Å². The summed E-state index contributed by atoms with van der Waals surface area (Å²) in [6, 6.07) is 5.79. The van der Waals surface area contributed by atoms with Crippen LogP contribution in [0.3, 0.4) is 0 Å². The Morgan fingerprint density at radius 3 is 2.50 bits per heavy atom. The van der Waals surface area contributed by atoms with Gasteiger partial charge in [0.25, 0.3) is 0 Å². The molecule has 0 bridgehead atoms. The van der Waals surface area contributed by atoms with Gasteiger partial charge >= 0.3 is 10.1 Å². The van der Waals surface area contributed by atoms with Crippen molar-refractivity contribution in [3.8, 4) is 11.5 Å². The van der Waals surface area contributed by atoms with E-state index in [1.54, 1.807) is 12.1 Å². The van der Waals surface area contributed by atoms with Gasteiger partial charge in [-0.2, -0.15) is 8.42 Å². The van der Waals surface area contributed by atoms with Gasteiger partial charge < -0.3 is 8.92 Å². The number of para-hydroxylation sites is 1. The van der Waals surface area contributed by atoms with Gasteiger partial charge in [-0.15, -0.1) is 0 Å². The van der Waals surface area contributed by atoms with Gasteiger partial charge in [-0.3, -0.25) is 0 Å². The Morgan fingerprint density at radius 2 is 1.79 bits per heavy atom. The maximum Gasteiger partial charge on any atom is 0.342 e. The van der Waals surface area contributed by atoms with Crippen LogP contribution in [0.4, 0.5) is 13.2 Å². The van der Waals surface area contributed by atoms with Crippen molar-refractivity contribution in [2.24, 2.45) is 0 Å². The van der Waals surface area contributed by atoms with Crippen molar-refractivity contribution in [2.75, 3.05) is 0 Å². The number of hydrogen-bond donors (Lipinski definition) is 0. The van der Waals surface area contributed by atoms with E-state index < -0.39 is 38.1 Å². The van der Waals surface area contributed by atoms with E-state index in [-0.39, 0.29) is 11.5 Å². The highest BCUT2D eigenvalue weighted by Gasteiger charge is 2.34. The largest absolute Gasteiger partial charge is 0.483 e. The van der Waals surface area contributed by atoms with Crippen LogP contribution in [0.2, 0.25) is 0 Å². The molecule has 8 heteroatoms. The molecule has 0 spiro atoms. The first-order valence-corrected chi connectivity index (χ1v) is 8.40. The lowest BCUT2D eigenvalue weighted by atomic mass is 10.0. The summed E-state index contributed by atoms with van der Waals surface area (Å²) in [6.07, 6.45) is 0.541. The topological polar surface area (TPSA) is 52.6 Å². The molecule has 0 unspecified atom stereocenters. The smallest absolute Gasteiger partial charge is 0.342 e. The maximum absolute atomic E-state index is 13.8. The fourth-order valence-corrected chi connectivity index (χ4v) is 3.52. The third kappa shape index (κ3) is 2.82. The normalized spacial score (nSPS) is 15.7. The Morgan fingerprint density at radius 1 is 1.08 bits per heavy atom. The first kappa shape index (κ1) is 16.6. The molecule has 0 fully saturated rings. The molecule has 0 aromatic heterocycles. The van der Waals surface area contributed by atoms with E-state index >= 15 is 0 Å². The number of fused-ring (bicyclic) bond motifs is 1. The molecule has 1 heterocycles. The highest BCUT2D eigenvalue weighted by Crippen LogP contribution is 2.42. The van der Waals surface area contributed by atoms with Crippen LogP contribution in [0.15, 0.2) is 35.2 Å². The van der Waals surface area contributed by atoms with Crippen molar-refractivity contribution in [3.05, 3.63) is 53.3 Å². The van der Waals surface area contributed by atoms with Crippen molar-refractivity contribution < 1.29 is 30.5 Å². The van der Waals surface area contributed by atoms with Crippen molar-refractivity contribution in [1.29, 1.82) is 0 Å². The zero-order chi connectivity index (χ0) is 17.7. The molecule has 1 aliphatic heterocycles. The summed E-state index contributed by atoms with van der Waals surface area (Å²) in [5.41, 5.74) is 0.192. The van der Waals surface area contributed by atoms with Crippen LogP contribution < -0.4 is 8.92 Å². The van der Waals surface area contributed by atoms with Crippen LogP contribution in [0, 0.1) is 17.5 Å². The summed E-state index contributed by atoms with van der Waals surface area (Å²) in [5.74, 6) is -5.10. The third-order valence-electron chi connectivity index (χ3n) is 3.52. The zero-order valence-electron chi connectivity index (χ0n) is 12.8. The SMILES string of the molecule is CC1(C)Cc2cccc(OS(=O)(=O)c3ccc(F)c(F)c3F)c2O1. The molecule has 0 aliphatic carbocycles.